The van der Waals surface area contributed by atoms with Gasteiger partial charge in [0.1, 0.15) is 5.92 Å². The van der Waals surface area contributed by atoms with Gasteiger partial charge in [-0.3, -0.25) is 9.69 Å². The van der Waals surface area contributed by atoms with E-state index in [1.165, 1.54) is 0 Å². The Morgan fingerprint density at radius 3 is 2.60 bits per heavy atom. The van der Waals surface area contributed by atoms with Crippen LogP contribution in [0, 0.1) is 19.8 Å². The molecule has 5 rings (SSSR count). The van der Waals surface area contributed by atoms with Gasteiger partial charge in [0.15, 0.2) is 17.2 Å². The number of nitrogens with zero attached hydrogens (tertiary/aromatic N) is 1. The maximum absolute atomic E-state index is 13.9. The molecule has 0 radical (unpaired) electrons. The number of anilines is 1. The average Bonchev–Trinajstić information content (AvgIpc) is 2.83. The number of amides is 3. The quantitative estimate of drug-likeness (QED) is 0.552. The number of carbonyl (C=O) groups is 2. The zero-order valence-corrected chi connectivity index (χ0v) is 20.3. The molecule has 7 heteroatoms. The van der Waals surface area contributed by atoms with Gasteiger partial charge in [-0.2, -0.15) is 0 Å². The van der Waals surface area contributed by atoms with Crippen LogP contribution in [0.4, 0.5) is 10.5 Å². The number of urea groups is 1. The van der Waals surface area contributed by atoms with Crippen LogP contribution in [0.1, 0.15) is 35.2 Å². The lowest BCUT2D eigenvalue weighted by Gasteiger charge is -2.54. The number of fused-ring (bicyclic) bond motifs is 4. The third-order valence-electron chi connectivity index (χ3n) is 6.95. The Bertz CT molecular complexity index is 1290. The average molecular weight is 472 g/mol. The van der Waals surface area contributed by atoms with Gasteiger partial charge in [0.05, 0.1) is 19.7 Å². The maximum atomic E-state index is 13.9. The second kappa shape index (κ2) is 8.65. The molecule has 3 amide bonds. The lowest BCUT2D eigenvalue weighted by Crippen LogP contribution is -2.71. The molecule has 0 saturated carbocycles. The van der Waals surface area contributed by atoms with Crippen LogP contribution in [-0.2, 0) is 11.3 Å². The molecule has 2 aliphatic rings. The number of carbonyl (C=O) groups excluding carboxylic acids is 2. The lowest BCUT2D eigenvalue weighted by molar-refractivity contribution is -0.155. The molecule has 7 nitrogen and oxygen atoms in total. The van der Waals surface area contributed by atoms with E-state index in [1.807, 2.05) is 87.5 Å². The van der Waals surface area contributed by atoms with Crippen LogP contribution in [0.3, 0.4) is 0 Å². The van der Waals surface area contributed by atoms with Crippen LogP contribution in [0.5, 0.6) is 11.5 Å². The van der Waals surface area contributed by atoms with Crippen molar-refractivity contribution in [2.75, 3.05) is 12.4 Å². The van der Waals surface area contributed by atoms with E-state index in [4.69, 9.17) is 9.47 Å². The molecule has 2 heterocycles. The predicted octanol–water partition coefficient (Wildman–Crippen LogP) is 4.94. The summed E-state index contributed by atoms with van der Waals surface area (Å²) in [5, 5.41) is 6.17. The summed E-state index contributed by atoms with van der Waals surface area (Å²) in [7, 11) is 1.58. The molecule has 2 aliphatic heterocycles. The molecule has 0 unspecified atom stereocenters. The molecule has 1 fully saturated rings. The standard InChI is InChI=1S/C28H29N3O4/c1-17-13-14-21(18(2)15-17)29-26(32)23-24-20-11-8-12-22(34-4)25(20)35-28(23,3)31(27(33)30-24)16-19-9-6-5-7-10-19/h5-15,23-24H,16H2,1-4H3,(H,29,32)(H,30,33)/t23-,24-,28+/m1/s1. The normalized spacial score (nSPS) is 22.5. The third kappa shape index (κ3) is 3.87. The first-order valence-corrected chi connectivity index (χ1v) is 11.7. The summed E-state index contributed by atoms with van der Waals surface area (Å²) in [6, 6.07) is 20.2. The molecule has 0 aliphatic carbocycles. The Kier molecular flexibility index (Phi) is 5.63. The Morgan fingerprint density at radius 1 is 1.11 bits per heavy atom. The van der Waals surface area contributed by atoms with E-state index in [0.29, 0.717) is 11.5 Å². The highest BCUT2D eigenvalue weighted by Crippen LogP contribution is 2.51. The Morgan fingerprint density at radius 2 is 1.89 bits per heavy atom. The Balaban J connectivity index is 1.59. The number of nitrogens with one attached hydrogen (secondary N) is 2. The van der Waals surface area contributed by atoms with Gasteiger partial charge in [0.25, 0.3) is 0 Å². The molecule has 3 atom stereocenters. The number of rotatable bonds is 5. The summed E-state index contributed by atoms with van der Waals surface area (Å²) in [6.07, 6.45) is 0. The van der Waals surface area contributed by atoms with E-state index < -0.39 is 17.7 Å². The Labute approximate surface area is 205 Å². The molecular formula is C28H29N3O4. The van der Waals surface area contributed by atoms with Crippen molar-refractivity contribution in [2.45, 2.75) is 39.1 Å². The molecule has 3 aromatic rings. The van der Waals surface area contributed by atoms with Crippen LogP contribution >= 0.6 is 0 Å². The van der Waals surface area contributed by atoms with Crippen molar-refractivity contribution >= 4 is 17.6 Å². The van der Waals surface area contributed by atoms with Crippen molar-refractivity contribution in [3.8, 4) is 11.5 Å². The number of ether oxygens (including phenoxy) is 2. The molecule has 35 heavy (non-hydrogen) atoms. The van der Waals surface area contributed by atoms with E-state index in [2.05, 4.69) is 10.6 Å². The van der Waals surface area contributed by atoms with Crippen LogP contribution in [0.15, 0.2) is 66.7 Å². The molecule has 0 aromatic heterocycles. The van der Waals surface area contributed by atoms with Crippen LogP contribution in [0.2, 0.25) is 0 Å². The summed E-state index contributed by atoms with van der Waals surface area (Å²) in [4.78, 5) is 28.9. The van der Waals surface area contributed by atoms with E-state index >= 15 is 0 Å². The maximum Gasteiger partial charge on any atom is 0.321 e. The number of aryl methyl sites for hydroxylation is 2. The van der Waals surface area contributed by atoms with Crippen molar-refractivity contribution < 1.29 is 19.1 Å². The first-order chi connectivity index (χ1) is 16.8. The number of benzene rings is 3. The fourth-order valence-corrected chi connectivity index (χ4v) is 5.16. The molecule has 0 spiro atoms. The number of hydrogen-bond acceptors (Lipinski definition) is 4. The first-order valence-electron chi connectivity index (χ1n) is 11.7. The minimum atomic E-state index is -1.26. The topological polar surface area (TPSA) is 79.9 Å². The fourth-order valence-electron chi connectivity index (χ4n) is 5.16. The van der Waals surface area contributed by atoms with Gasteiger partial charge in [-0.05, 0) is 44.0 Å². The van der Waals surface area contributed by atoms with E-state index in [1.54, 1.807) is 12.0 Å². The molecule has 1 saturated heterocycles. The van der Waals surface area contributed by atoms with Gasteiger partial charge in [-0.1, -0.05) is 60.2 Å². The Hall–Kier alpha value is -4.00. The zero-order chi connectivity index (χ0) is 24.7. The van der Waals surface area contributed by atoms with Crippen molar-refractivity contribution in [3.63, 3.8) is 0 Å². The van der Waals surface area contributed by atoms with Crippen molar-refractivity contribution in [3.05, 3.63) is 89.0 Å². The van der Waals surface area contributed by atoms with E-state index in [-0.39, 0.29) is 18.5 Å². The van der Waals surface area contributed by atoms with E-state index in [9.17, 15) is 9.59 Å². The zero-order valence-electron chi connectivity index (χ0n) is 20.3. The van der Waals surface area contributed by atoms with Gasteiger partial charge in [-0.15, -0.1) is 0 Å². The second-order valence-electron chi connectivity index (χ2n) is 9.32. The van der Waals surface area contributed by atoms with Gasteiger partial charge in [0, 0.05) is 11.3 Å². The van der Waals surface area contributed by atoms with Gasteiger partial charge < -0.3 is 20.1 Å². The van der Waals surface area contributed by atoms with E-state index in [0.717, 1.165) is 27.9 Å². The summed E-state index contributed by atoms with van der Waals surface area (Å²) in [5.74, 6) is 0.152. The van der Waals surface area contributed by atoms with Crippen molar-refractivity contribution in [1.82, 2.24) is 10.2 Å². The summed E-state index contributed by atoms with van der Waals surface area (Å²) < 4.78 is 12.1. The largest absolute Gasteiger partial charge is 0.493 e. The third-order valence-corrected chi connectivity index (χ3v) is 6.95. The molecule has 2 N–H and O–H groups in total. The SMILES string of the molecule is COc1cccc2c1O[C@@]1(C)[C@@H](C(=O)Nc3ccc(C)cc3C)[C@@H]2NC(=O)N1Cc1ccccc1. The van der Waals surface area contributed by atoms with Crippen LogP contribution in [0.25, 0.3) is 0 Å². The highest BCUT2D eigenvalue weighted by molar-refractivity contribution is 5.96. The predicted molar refractivity (Wildman–Crippen MR) is 133 cm³/mol. The molecule has 180 valence electrons. The summed E-state index contributed by atoms with van der Waals surface area (Å²) in [6.45, 7) is 6.07. The number of methoxy groups -OCH3 is 1. The molecule has 3 aromatic carbocycles. The van der Waals surface area contributed by atoms with Gasteiger partial charge >= 0.3 is 6.03 Å². The second-order valence-corrected chi connectivity index (χ2v) is 9.32. The highest BCUT2D eigenvalue weighted by atomic mass is 16.5. The minimum absolute atomic E-state index is 0.226. The summed E-state index contributed by atoms with van der Waals surface area (Å²) in [5.41, 5.74) is 3.22. The molecule has 2 bridgehead atoms. The smallest absolute Gasteiger partial charge is 0.321 e. The minimum Gasteiger partial charge on any atom is -0.493 e. The monoisotopic (exact) mass is 471 g/mol. The molecular weight excluding hydrogens is 442 g/mol. The summed E-state index contributed by atoms with van der Waals surface area (Å²) >= 11 is 0. The van der Waals surface area contributed by atoms with Crippen molar-refractivity contribution in [2.24, 2.45) is 5.92 Å². The van der Waals surface area contributed by atoms with Gasteiger partial charge in [0.2, 0.25) is 5.91 Å². The first kappa shape index (κ1) is 22.8. The van der Waals surface area contributed by atoms with Crippen LogP contribution in [-0.4, -0.2) is 29.7 Å². The lowest BCUT2D eigenvalue weighted by atomic mass is 9.78. The van der Waals surface area contributed by atoms with Gasteiger partial charge in [-0.25, -0.2) is 4.79 Å². The number of hydrogen-bond donors (Lipinski definition) is 2. The number of para-hydroxylation sites is 1. The fraction of sp³-hybridized carbons (Fsp3) is 0.286. The van der Waals surface area contributed by atoms with Crippen LogP contribution < -0.4 is 20.1 Å². The highest BCUT2D eigenvalue weighted by Gasteiger charge is 2.60. The van der Waals surface area contributed by atoms with Crippen molar-refractivity contribution in [1.29, 1.82) is 0 Å².